The Morgan fingerprint density at radius 3 is 2.66 bits per heavy atom. The van der Waals surface area contributed by atoms with Crippen molar-refractivity contribution in [3.05, 3.63) is 87.5 Å². The Morgan fingerprint density at radius 1 is 1.09 bits per heavy atom. The molecule has 1 aliphatic carbocycles. The van der Waals surface area contributed by atoms with Crippen LogP contribution in [0.15, 0.2) is 76.1 Å². The standard InChI is InChI=1S/C27H27N3O4S/c1-18-8-5-6-13-23(18)29-26(31)25(35-27(29)28-20-10-3-2-4-11-20)17-22-14-15-24(34-22)19-9-7-12-21(16-19)30(32)33/h2-4,7,9-12,14-18,23,27-28H,5-6,8,13H2,1H3/b25-17-/t18-,23+,27?/m0/s1. The summed E-state index contributed by atoms with van der Waals surface area (Å²) < 4.78 is 5.97. The molecule has 1 unspecified atom stereocenters. The average molecular weight is 490 g/mol. The predicted octanol–water partition coefficient (Wildman–Crippen LogP) is 6.75. The first kappa shape index (κ1) is 23.2. The zero-order chi connectivity index (χ0) is 24.4. The fourth-order valence-electron chi connectivity index (χ4n) is 4.85. The van der Waals surface area contributed by atoms with E-state index in [0.717, 1.165) is 24.9 Å². The van der Waals surface area contributed by atoms with Gasteiger partial charge in [0.15, 0.2) is 5.50 Å². The number of para-hydroxylation sites is 1. The van der Waals surface area contributed by atoms with Gasteiger partial charge in [-0.25, -0.2) is 0 Å². The number of amides is 1. The van der Waals surface area contributed by atoms with E-state index in [2.05, 4.69) is 12.2 Å². The highest BCUT2D eigenvalue weighted by atomic mass is 32.2. The van der Waals surface area contributed by atoms with Crippen LogP contribution in [-0.4, -0.2) is 27.3 Å². The molecule has 3 atom stereocenters. The van der Waals surface area contributed by atoms with E-state index < -0.39 is 4.92 Å². The van der Waals surface area contributed by atoms with E-state index in [1.807, 2.05) is 35.2 Å². The second-order valence-corrected chi connectivity index (χ2v) is 10.2. The van der Waals surface area contributed by atoms with Crippen molar-refractivity contribution < 1.29 is 14.1 Å². The molecule has 180 valence electrons. The van der Waals surface area contributed by atoms with Crippen molar-refractivity contribution in [3.63, 3.8) is 0 Å². The van der Waals surface area contributed by atoms with E-state index in [1.54, 1.807) is 30.3 Å². The van der Waals surface area contributed by atoms with Gasteiger partial charge in [-0.2, -0.15) is 0 Å². The van der Waals surface area contributed by atoms with Crippen LogP contribution in [0, 0.1) is 16.0 Å². The quantitative estimate of drug-likeness (QED) is 0.234. The lowest BCUT2D eigenvalue weighted by Gasteiger charge is -2.39. The number of carbonyl (C=O) groups is 1. The Morgan fingerprint density at radius 2 is 1.89 bits per heavy atom. The number of nitrogens with one attached hydrogen (secondary N) is 1. The van der Waals surface area contributed by atoms with Crippen molar-refractivity contribution in [2.75, 3.05) is 5.32 Å². The molecule has 2 aromatic carbocycles. The molecule has 35 heavy (non-hydrogen) atoms. The third kappa shape index (κ3) is 4.98. The highest BCUT2D eigenvalue weighted by molar-refractivity contribution is 8.05. The summed E-state index contributed by atoms with van der Waals surface area (Å²) in [5.74, 6) is 1.51. The number of carbonyl (C=O) groups excluding carboxylic acids is 1. The van der Waals surface area contributed by atoms with Crippen LogP contribution in [0.25, 0.3) is 17.4 Å². The smallest absolute Gasteiger partial charge is 0.270 e. The van der Waals surface area contributed by atoms with Gasteiger partial charge in [-0.05, 0) is 43.0 Å². The van der Waals surface area contributed by atoms with Gasteiger partial charge in [0.25, 0.3) is 11.6 Å². The Balaban J connectivity index is 1.42. The molecule has 2 aliphatic rings. The molecule has 1 aromatic heterocycles. The Hall–Kier alpha value is -3.52. The summed E-state index contributed by atoms with van der Waals surface area (Å²) in [7, 11) is 0. The second-order valence-electron chi connectivity index (χ2n) is 9.04. The molecule has 1 aliphatic heterocycles. The predicted molar refractivity (Wildman–Crippen MR) is 138 cm³/mol. The van der Waals surface area contributed by atoms with Crippen molar-refractivity contribution in [2.24, 2.45) is 5.92 Å². The number of nitro benzene ring substituents is 1. The number of benzene rings is 2. The minimum absolute atomic E-state index is 0.00685. The normalized spacial score (nSPS) is 23.6. The number of thioether (sulfide) groups is 1. The van der Waals surface area contributed by atoms with E-state index in [9.17, 15) is 14.9 Å². The van der Waals surface area contributed by atoms with E-state index in [1.165, 1.54) is 30.3 Å². The van der Waals surface area contributed by atoms with E-state index >= 15 is 0 Å². The molecule has 1 amide bonds. The molecule has 0 spiro atoms. The minimum atomic E-state index is -0.427. The van der Waals surface area contributed by atoms with Crippen LogP contribution in [0.4, 0.5) is 11.4 Å². The topological polar surface area (TPSA) is 88.6 Å². The number of furan rings is 1. The van der Waals surface area contributed by atoms with Gasteiger partial charge in [0.05, 0.1) is 9.83 Å². The fourth-order valence-corrected chi connectivity index (χ4v) is 6.05. The van der Waals surface area contributed by atoms with Crippen LogP contribution >= 0.6 is 11.8 Å². The maximum atomic E-state index is 13.6. The molecule has 0 bridgehead atoms. The highest BCUT2D eigenvalue weighted by Gasteiger charge is 2.43. The van der Waals surface area contributed by atoms with Gasteiger partial charge in [0, 0.05) is 35.5 Å². The van der Waals surface area contributed by atoms with Gasteiger partial charge >= 0.3 is 0 Å². The third-order valence-electron chi connectivity index (χ3n) is 6.67. The molecular formula is C27H27N3O4S. The number of anilines is 1. The van der Waals surface area contributed by atoms with Crippen LogP contribution in [0.3, 0.4) is 0 Å². The maximum absolute atomic E-state index is 13.6. The lowest BCUT2D eigenvalue weighted by Crippen LogP contribution is -2.48. The van der Waals surface area contributed by atoms with E-state index in [4.69, 9.17) is 4.42 Å². The molecule has 7 nitrogen and oxygen atoms in total. The summed E-state index contributed by atoms with van der Waals surface area (Å²) in [6.45, 7) is 2.24. The molecule has 1 N–H and O–H groups in total. The van der Waals surface area contributed by atoms with Crippen LogP contribution in [0.1, 0.15) is 38.4 Å². The molecule has 1 saturated heterocycles. The summed E-state index contributed by atoms with van der Waals surface area (Å²) in [5.41, 5.74) is 1.40. The number of rotatable bonds is 6. The Kier molecular flexibility index (Phi) is 6.63. The van der Waals surface area contributed by atoms with Crippen LogP contribution < -0.4 is 5.32 Å². The minimum Gasteiger partial charge on any atom is -0.457 e. The second kappa shape index (κ2) is 10.00. The van der Waals surface area contributed by atoms with Crippen molar-refractivity contribution in [1.29, 1.82) is 0 Å². The summed E-state index contributed by atoms with van der Waals surface area (Å²) in [6.07, 6.45) is 6.25. The first-order chi connectivity index (χ1) is 17.0. The number of nitrogens with zero attached hydrogens (tertiary/aromatic N) is 2. The number of hydrogen-bond donors (Lipinski definition) is 1. The van der Waals surface area contributed by atoms with Crippen molar-refractivity contribution in [1.82, 2.24) is 4.90 Å². The zero-order valence-electron chi connectivity index (χ0n) is 19.4. The molecule has 3 aromatic rings. The number of nitro groups is 1. The molecule has 1 saturated carbocycles. The Bertz CT molecular complexity index is 1260. The van der Waals surface area contributed by atoms with Gasteiger partial charge in [0.2, 0.25) is 0 Å². The van der Waals surface area contributed by atoms with Crippen molar-refractivity contribution >= 4 is 35.1 Å². The van der Waals surface area contributed by atoms with Crippen LogP contribution in [0.5, 0.6) is 0 Å². The summed E-state index contributed by atoms with van der Waals surface area (Å²) in [4.78, 5) is 27.0. The fraction of sp³-hybridized carbons (Fsp3) is 0.296. The molecular weight excluding hydrogens is 462 g/mol. The van der Waals surface area contributed by atoms with Gasteiger partial charge < -0.3 is 14.6 Å². The number of hydrogen-bond acceptors (Lipinski definition) is 6. The largest absolute Gasteiger partial charge is 0.457 e. The third-order valence-corrected chi connectivity index (χ3v) is 7.78. The highest BCUT2D eigenvalue weighted by Crippen LogP contribution is 2.42. The lowest BCUT2D eigenvalue weighted by atomic mass is 9.85. The first-order valence-electron chi connectivity index (χ1n) is 11.9. The monoisotopic (exact) mass is 489 g/mol. The molecule has 0 radical (unpaired) electrons. The van der Waals surface area contributed by atoms with Gasteiger partial charge in [0.1, 0.15) is 11.5 Å². The van der Waals surface area contributed by atoms with Crippen molar-refractivity contribution in [3.8, 4) is 11.3 Å². The van der Waals surface area contributed by atoms with E-state index in [-0.39, 0.29) is 23.1 Å². The molecule has 8 heteroatoms. The first-order valence-corrected chi connectivity index (χ1v) is 12.7. The maximum Gasteiger partial charge on any atom is 0.270 e. The SMILES string of the molecule is C[C@H]1CCCC[C@H]1N1C(=O)/C(=C/c2ccc(-c3cccc([N+](=O)[O-])c3)o2)SC1Nc1ccccc1. The van der Waals surface area contributed by atoms with Crippen LogP contribution in [0.2, 0.25) is 0 Å². The molecule has 2 fully saturated rings. The number of non-ortho nitro benzene ring substituents is 1. The van der Waals surface area contributed by atoms with E-state index in [0.29, 0.717) is 27.9 Å². The molecule has 5 rings (SSSR count). The van der Waals surface area contributed by atoms with Gasteiger partial charge in [-0.1, -0.05) is 61.9 Å². The summed E-state index contributed by atoms with van der Waals surface area (Å²) in [5, 5.41) is 14.7. The summed E-state index contributed by atoms with van der Waals surface area (Å²) >= 11 is 1.50. The van der Waals surface area contributed by atoms with Crippen LogP contribution in [-0.2, 0) is 4.79 Å². The Labute approximate surface area is 208 Å². The average Bonchev–Trinajstić information content (AvgIpc) is 3.45. The van der Waals surface area contributed by atoms with Gasteiger partial charge in [-0.3, -0.25) is 14.9 Å². The lowest BCUT2D eigenvalue weighted by molar-refractivity contribution is -0.384. The molecule has 2 heterocycles. The zero-order valence-corrected chi connectivity index (χ0v) is 20.2. The summed E-state index contributed by atoms with van der Waals surface area (Å²) in [6, 6.07) is 20.0. The van der Waals surface area contributed by atoms with Gasteiger partial charge in [-0.15, -0.1) is 0 Å². The van der Waals surface area contributed by atoms with Crippen molar-refractivity contribution in [2.45, 2.75) is 44.1 Å².